The number of allylic oxidation sites excluding steroid dienone is 1. The van der Waals surface area contributed by atoms with Crippen molar-refractivity contribution in [2.45, 2.75) is 77.5 Å². The summed E-state index contributed by atoms with van der Waals surface area (Å²) in [6, 6.07) is 16.8. The maximum absolute atomic E-state index is 11.5. The van der Waals surface area contributed by atoms with Crippen molar-refractivity contribution in [3.05, 3.63) is 76.9 Å². The number of fused-ring (bicyclic) bond motifs is 1. The monoisotopic (exact) mass is 493 g/mol. The molecule has 0 saturated carbocycles. The SMILES string of the molecule is CCOC(=O)CC/C=C/c1ccccc1[C@@H](C)OC[C@H](O)CNC(C)(C)CC1Cc2ccccc2C1. The molecule has 0 amide bonds. The summed E-state index contributed by atoms with van der Waals surface area (Å²) in [5, 5.41) is 14.2. The number of nitrogens with one attached hydrogen (secondary N) is 1. The summed E-state index contributed by atoms with van der Waals surface area (Å²) in [5.74, 6) is 0.464. The molecule has 2 aromatic rings. The van der Waals surface area contributed by atoms with E-state index in [4.69, 9.17) is 9.47 Å². The lowest BCUT2D eigenvalue weighted by Crippen LogP contribution is -2.45. The zero-order chi connectivity index (χ0) is 26.0. The second kappa shape index (κ2) is 13.7. The minimum atomic E-state index is -0.584. The molecule has 2 atom stereocenters. The van der Waals surface area contributed by atoms with Gasteiger partial charge in [0.15, 0.2) is 0 Å². The molecule has 0 aromatic heterocycles. The first-order valence-electron chi connectivity index (χ1n) is 13.3. The average molecular weight is 494 g/mol. The molecular weight excluding hydrogens is 450 g/mol. The fourth-order valence-corrected chi connectivity index (χ4v) is 5.06. The molecule has 196 valence electrons. The Hall–Kier alpha value is -2.47. The molecule has 0 radical (unpaired) electrons. The summed E-state index contributed by atoms with van der Waals surface area (Å²) in [7, 11) is 0. The van der Waals surface area contributed by atoms with Gasteiger partial charge in [0.1, 0.15) is 0 Å². The molecule has 2 N–H and O–H groups in total. The van der Waals surface area contributed by atoms with Crippen LogP contribution in [-0.2, 0) is 27.1 Å². The fourth-order valence-electron chi connectivity index (χ4n) is 5.06. The van der Waals surface area contributed by atoms with Gasteiger partial charge in [0.25, 0.3) is 0 Å². The molecule has 3 rings (SSSR count). The van der Waals surface area contributed by atoms with Crippen LogP contribution in [0.5, 0.6) is 0 Å². The van der Waals surface area contributed by atoms with E-state index >= 15 is 0 Å². The lowest BCUT2D eigenvalue weighted by molar-refractivity contribution is -0.142. The fraction of sp³-hybridized carbons (Fsp3) is 0.516. The quantitative estimate of drug-likeness (QED) is 0.333. The largest absolute Gasteiger partial charge is 0.466 e. The summed E-state index contributed by atoms with van der Waals surface area (Å²) >= 11 is 0. The van der Waals surface area contributed by atoms with Gasteiger partial charge >= 0.3 is 5.97 Å². The highest BCUT2D eigenvalue weighted by atomic mass is 16.5. The van der Waals surface area contributed by atoms with E-state index < -0.39 is 6.10 Å². The van der Waals surface area contributed by atoms with Crippen LogP contribution in [0.15, 0.2) is 54.6 Å². The number of esters is 1. The van der Waals surface area contributed by atoms with E-state index in [9.17, 15) is 9.90 Å². The predicted octanol–water partition coefficient (Wildman–Crippen LogP) is 5.65. The second-order valence-corrected chi connectivity index (χ2v) is 10.5. The third-order valence-corrected chi connectivity index (χ3v) is 6.84. The van der Waals surface area contributed by atoms with Crippen LogP contribution in [0.3, 0.4) is 0 Å². The van der Waals surface area contributed by atoms with E-state index in [2.05, 4.69) is 43.4 Å². The second-order valence-electron chi connectivity index (χ2n) is 10.5. The number of hydrogen-bond acceptors (Lipinski definition) is 5. The van der Waals surface area contributed by atoms with Crippen molar-refractivity contribution < 1.29 is 19.4 Å². The van der Waals surface area contributed by atoms with E-state index in [1.54, 1.807) is 0 Å². The molecule has 0 spiro atoms. The van der Waals surface area contributed by atoms with Gasteiger partial charge in [0.2, 0.25) is 0 Å². The van der Waals surface area contributed by atoms with Crippen LogP contribution < -0.4 is 5.32 Å². The highest BCUT2D eigenvalue weighted by molar-refractivity contribution is 5.69. The van der Waals surface area contributed by atoms with E-state index in [-0.39, 0.29) is 24.2 Å². The van der Waals surface area contributed by atoms with Gasteiger partial charge in [0.05, 0.1) is 25.4 Å². The molecule has 1 aliphatic rings. The number of aliphatic hydroxyl groups is 1. The summed E-state index contributed by atoms with van der Waals surface area (Å²) < 4.78 is 11.0. The van der Waals surface area contributed by atoms with Crippen molar-refractivity contribution in [3.8, 4) is 0 Å². The summed E-state index contributed by atoms with van der Waals surface area (Å²) in [4.78, 5) is 11.5. The topological polar surface area (TPSA) is 67.8 Å². The van der Waals surface area contributed by atoms with Gasteiger partial charge in [0, 0.05) is 18.5 Å². The Morgan fingerprint density at radius 1 is 1.14 bits per heavy atom. The standard InChI is InChI=1S/C31H43NO4/c1-5-35-30(34)17-11-9-13-25-12-8-10-16-29(25)23(2)36-22-28(33)21-32-31(3,4)20-24-18-26-14-6-7-15-27(26)19-24/h6-10,12-16,23-24,28,32-33H,5,11,17-22H2,1-4H3/b13-9+/t23-,28-/m1/s1. The Kier molecular flexibility index (Phi) is 10.7. The highest BCUT2D eigenvalue weighted by Gasteiger charge is 2.28. The predicted molar refractivity (Wildman–Crippen MR) is 146 cm³/mol. The molecule has 0 unspecified atom stereocenters. The smallest absolute Gasteiger partial charge is 0.306 e. The molecule has 0 fully saturated rings. The summed E-state index contributed by atoms with van der Waals surface area (Å²) in [6.45, 7) is 9.43. The van der Waals surface area contributed by atoms with Crippen LogP contribution in [0.4, 0.5) is 0 Å². The molecule has 5 heteroatoms. The Balaban J connectivity index is 1.42. The number of carbonyl (C=O) groups is 1. The minimum Gasteiger partial charge on any atom is -0.466 e. The minimum absolute atomic E-state index is 0.0553. The Bertz CT molecular complexity index is 975. The summed E-state index contributed by atoms with van der Waals surface area (Å²) in [6.07, 6.45) is 7.64. The van der Waals surface area contributed by atoms with Crippen LogP contribution in [0.1, 0.15) is 75.3 Å². The first-order chi connectivity index (χ1) is 17.3. The van der Waals surface area contributed by atoms with Crippen molar-refractivity contribution in [2.24, 2.45) is 5.92 Å². The van der Waals surface area contributed by atoms with E-state index in [0.717, 1.165) is 30.4 Å². The van der Waals surface area contributed by atoms with Crippen LogP contribution in [0.25, 0.3) is 6.08 Å². The normalized spacial score (nSPS) is 15.7. The third kappa shape index (κ3) is 8.88. The Labute approximate surface area is 216 Å². The van der Waals surface area contributed by atoms with Gasteiger partial charge in [-0.3, -0.25) is 4.79 Å². The number of aliphatic hydroxyl groups excluding tert-OH is 1. The van der Waals surface area contributed by atoms with Crippen molar-refractivity contribution in [2.75, 3.05) is 19.8 Å². The average Bonchev–Trinajstić information content (AvgIpc) is 3.26. The molecule has 0 aliphatic heterocycles. The van der Waals surface area contributed by atoms with Gasteiger partial charge in [-0.2, -0.15) is 0 Å². The number of hydrogen-bond donors (Lipinski definition) is 2. The number of β-amino-alcohol motifs (C(OH)–C–C–N with tert-alkyl or cyclic N) is 1. The Morgan fingerprint density at radius 2 is 1.81 bits per heavy atom. The zero-order valence-electron chi connectivity index (χ0n) is 22.3. The zero-order valence-corrected chi connectivity index (χ0v) is 22.3. The lowest BCUT2D eigenvalue weighted by Gasteiger charge is -2.31. The van der Waals surface area contributed by atoms with Gasteiger partial charge < -0.3 is 19.9 Å². The van der Waals surface area contributed by atoms with Gasteiger partial charge in [-0.1, -0.05) is 60.7 Å². The third-order valence-electron chi connectivity index (χ3n) is 6.84. The van der Waals surface area contributed by atoms with Crippen LogP contribution in [-0.4, -0.2) is 42.5 Å². The molecule has 0 bridgehead atoms. The highest BCUT2D eigenvalue weighted by Crippen LogP contribution is 2.32. The molecular formula is C31H43NO4. The van der Waals surface area contributed by atoms with Crippen LogP contribution in [0.2, 0.25) is 0 Å². The maximum Gasteiger partial charge on any atom is 0.306 e. The molecule has 2 aromatic carbocycles. The number of carbonyl (C=O) groups excluding carboxylic acids is 1. The van der Waals surface area contributed by atoms with Crippen molar-refractivity contribution in [1.82, 2.24) is 5.32 Å². The van der Waals surface area contributed by atoms with E-state index in [0.29, 0.717) is 31.9 Å². The molecule has 1 aliphatic carbocycles. The number of benzene rings is 2. The Morgan fingerprint density at radius 3 is 2.50 bits per heavy atom. The number of ether oxygens (including phenoxy) is 2. The first kappa shape index (κ1) is 28.1. The van der Waals surface area contributed by atoms with Crippen molar-refractivity contribution in [1.29, 1.82) is 0 Å². The van der Waals surface area contributed by atoms with Gasteiger partial charge in [-0.15, -0.1) is 0 Å². The van der Waals surface area contributed by atoms with Gasteiger partial charge in [-0.05, 0) is 81.5 Å². The van der Waals surface area contributed by atoms with Crippen LogP contribution in [0, 0.1) is 5.92 Å². The molecule has 0 saturated heterocycles. The van der Waals surface area contributed by atoms with Crippen LogP contribution >= 0.6 is 0 Å². The molecule has 5 nitrogen and oxygen atoms in total. The number of rotatable bonds is 14. The lowest BCUT2D eigenvalue weighted by atomic mass is 9.88. The molecule has 0 heterocycles. The first-order valence-corrected chi connectivity index (χ1v) is 13.3. The maximum atomic E-state index is 11.5. The van der Waals surface area contributed by atoms with E-state index in [1.165, 1.54) is 11.1 Å². The summed E-state index contributed by atoms with van der Waals surface area (Å²) in [5.41, 5.74) is 5.02. The van der Waals surface area contributed by atoms with Crippen molar-refractivity contribution in [3.63, 3.8) is 0 Å². The van der Waals surface area contributed by atoms with E-state index in [1.807, 2.05) is 50.3 Å². The van der Waals surface area contributed by atoms with Crippen molar-refractivity contribution >= 4 is 12.0 Å². The van der Waals surface area contributed by atoms with Gasteiger partial charge in [-0.25, -0.2) is 0 Å². The molecule has 36 heavy (non-hydrogen) atoms.